The first-order valence-corrected chi connectivity index (χ1v) is 0.775. The van der Waals surface area contributed by atoms with Crippen molar-refractivity contribution >= 4 is 26.8 Å². The summed E-state index contributed by atoms with van der Waals surface area (Å²) >= 11 is 0. The van der Waals surface area contributed by atoms with Crippen LogP contribution in [0.25, 0.3) is 0 Å². The first-order valence-electron chi connectivity index (χ1n) is 0.258. The van der Waals surface area contributed by atoms with Crippen LogP contribution in [-0.4, -0.2) is 22.3 Å². The topological polar surface area (TPSA) is 20.2 Å². The van der Waals surface area contributed by atoms with E-state index in [2.05, 4.69) is 0 Å². The molecule has 0 heterocycles. The van der Waals surface area contributed by atoms with Crippen molar-refractivity contribution in [1.29, 1.82) is 0 Å². The van der Waals surface area contributed by atoms with Crippen LogP contribution in [-0.2, 0) is 16.5 Å². The van der Waals surface area contributed by atoms with Crippen molar-refractivity contribution in [3.05, 3.63) is 0 Å². The van der Waals surface area contributed by atoms with E-state index >= 15 is 0 Å². The quantitative estimate of drug-likeness (QED) is 0.322. The summed E-state index contributed by atoms with van der Waals surface area (Å²) in [4.78, 5) is 6.92. The molecule has 30 valence electrons. The first kappa shape index (κ1) is 18.1. The molecule has 0 aromatic heterocycles. The van der Waals surface area contributed by atoms with Gasteiger partial charge in [-0.2, -0.15) is 0 Å². The van der Waals surface area contributed by atoms with Crippen LogP contribution in [0.15, 0.2) is 0 Å². The molecule has 0 saturated carbocycles. The summed E-state index contributed by atoms with van der Waals surface area (Å²) in [6.45, 7) is 0. The second-order valence-electron chi connectivity index (χ2n) is 0. The van der Waals surface area contributed by atoms with E-state index in [0.717, 1.165) is 0 Å². The van der Waals surface area contributed by atoms with Gasteiger partial charge in [0.2, 0.25) is 0 Å². The molecule has 0 bridgehead atoms. The minimum atomic E-state index is 0. The zero-order chi connectivity index (χ0) is 2.00. The van der Waals surface area contributed by atoms with E-state index in [1.165, 1.54) is 9.47 Å². The maximum Gasteiger partial charge on any atom is 0.187 e. The van der Waals surface area contributed by atoms with E-state index in [-0.39, 0.29) is 33.9 Å². The molecular formula is H6AlNiOP. The molecule has 1 nitrogen and oxygen atoms in total. The van der Waals surface area contributed by atoms with Gasteiger partial charge in [-0.05, 0) is 9.47 Å². The number of hydrogen-bond donors (Lipinski definition) is 1. The molecule has 0 aliphatic heterocycles. The van der Waals surface area contributed by atoms with Gasteiger partial charge in [-0.1, -0.05) is 0 Å². The standard InChI is InChI=1S/Al.Ni.H3OP.3H/c;;1-2;;;/h;;1H,2H2;;;. The van der Waals surface area contributed by atoms with Gasteiger partial charge in [0.05, 0.1) is 0 Å². The van der Waals surface area contributed by atoms with Gasteiger partial charge < -0.3 is 4.89 Å². The second kappa shape index (κ2) is 25.7. The van der Waals surface area contributed by atoms with Gasteiger partial charge in [0.25, 0.3) is 0 Å². The molecule has 4 heteroatoms. The molecule has 0 aliphatic rings. The molecule has 1 unspecified atom stereocenters. The van der Waals surface area contributed by atoms with E-state index in [1.54, 1.807) is 0 Å². The largest absolute Gasteiger partial charge is 0.380 e. The molecule has 0 rings (SSSR count). The van der Waals surface area contributed by atoms with E-state index in [9.17, 15) is 0 Å². The van der Waals surface area contributed by atoms with Crippen LogP contribution in [0.2, 0.25) is 0 Å². The van der Waals surface area contributed by atoms with Crippen LogP contribution in [0.5, 0.6) is 0 Å². The summed E-state index contributed by atoms with van der Waals surface area (Å²) in [7, 11) is 1.42. The van der Waals surface area contributed by atoms with Crippen LogP contribution in [0.1, 0.15) is 0 Å². The minimum Gasteiger partial charge on any atom is -0.380 e. The molecule has 0 saturated heterocycles. The molecule has 4 heavy (non-hydrogen) atoms. The van der Waals surface area contributed by atoms with Gasteiger partial charge in [0, 0.05) is 16.5 Å². The van der Waals surface area contributed by atoms with Crippen molar-refractivity contribution in [2.24, 2.45) is 0 Å². The predicted molar refractivity (Wildman–Crippen MR) is 21.9 cm³/mol. The van der Waals surface area contributed by atoms with Gasteiger partial charge in [0.1, 0.15) is 0 Å². The fourth-order valence-electron chi connectivity index (χ4n) is 0. The molecule has 1 atom stereocenters. The third kappa shape index (κ3) is 9.94. The Morgan fingerprint density at radius 2 is 1.25 bits per heavy atom. The molecule has 1 N–H and O–H groups in total. The van der Waals surface area contributed by atoms with Crippen LogP contribution in [0, 0.1) is 0 Å². The first-order chi connectivity index (χ1) is 1.00. The molecular weight excluding hydrogens is 133 g/mol. The van der Waals surface area contributed by atoms with Crippen LogP contribution in [0.3, 0.4) is 0 Å². The maximum absolute atomic E-state index is 6.92. The van der Waals surface area contributed by atoms with Gasteiger partial charge >= 0.3 is 0 Å². The summed E-state index contributed by atoms with van der Waals surface area (Å²) < 4.78 is 0. The smallest absolute Gasteiger partial charge is 0.187 e. The summed E-state index contributed by atoms with van der Waals surface area (Å²) in [6, 6.07) is 0. The van der Waals surface area contributed by atoms with E-state index in [1.807, 2.05) is 0 Å². The summed E-state index contributed by atoms with van der Waals surface area (Å²) in [5, 5.41) is 0. The van der Waals surface area contributed by atoms with Gasteiger partial charge in [-0.15, -0.1) is 0 Å². The van der Waals surface area contributed by atoms with Crippen LogP contribution < -0.4 is 0 Å². The van der Waals surface area contributed by atoms with E-state index in [4.69, 9.17) is 4.89 Å². The van der Waals surface area contributed by atoms with Crippen molar-refractivity contribution in [3.8, 4) is 0 Å². The van der Waals surface area contributed by atoms with Gasteiger partial charge in [-0.3, -0.25) is 0 Å². The second-order valence-corrected chi connectivity index (χ2v) is 0. The number of rotatable bonds is 0. The number of hydrogen-bond acceptors (Lipinski definition) is 1. The molecule has 0 spiro atoms. The Bertz CT molecular complexity index is 8.00. The average molecular weight is 139 g/mol. The molecule has 0 fully saturated rings. The zero-order valence-electron chi connectivity index (χ0n) is 1.34. The fourth-order valence-corrected chi connectivity index (χ4v) is 0. The van der Waals surface area contributed by atoms with Crippen molar-refractivity contribution < 1.29 is 21.4 Å². The van der Waals surface area contributed by atoms with Gasteiger partial charge in [-0.25, -0.2) is 0 Å². The average Bonchev–Trinajstić information content (AvgIpc) is 1.00. The monoisotopic (exact) mass is 138 g/mol. The Morgan fingerprint density at radius 3 is 1.25 bits per heavy atom. The Kier molecular flexibility index (Phi) is 116. The third-order valence-corrected chi connectivity index (χ3v) is 0. The Hall–Kier alpha value is 1.42. The maximum atomic E-state index is 6.92. The summed E-state index contributed by atoms with van der Waals surface area (Å²) in [6.07, 6.45) is 0. The molecule has 0 aliphatic carbocycles. The predicted octanol–water partition coefficient (Wildman–Crippen LogP) is -1.42. The van der Waals surface area contributed by atoms with Crippen molar-refractivity contribution in [1.82, 2.24) is 0 Å². The van der Waals surface area contributed by atoms with Crippen LogP contribution in [0.4, 0.5) is 0 Å². The van der Waals surface area contributed by atoms with Crippen molar-refractivity contribution in [2.75, 3.05) is 0 Å². The molecule has 0 aromatic carbocycles. The molecule has 0 aromatic rings. The fraction of sp³-hybridized carbons (Fsp3) is 0. The van der Waals surface area contributed by atoms with E-state index in [0.29, 0.717) is 0 Å². The van der Waals surface area contributed by atoms with E-state index < -0.39 is 0 Å². The summed E-state index contributed by atoms with van der Waals surface area (Å²) in [5.41, 5.74) is 0. The molecule has 0 radical (unpaired) electrons. The SMILES string of the molecule is OP.[AlH3].[Ni]. The van der Waals surface area contributed by atoms with Gasteiger partial charge in [0.15, 0.2) is 17.4 Å². The zero-order valence-corrected chi connectivity index (χ0v) is 3.48. The summed E-state index contributed by atoms with van der Waals surface area (Å²) in [5.74, 6) is 0. The van der Waals surface area contributed by atoms with Crippen molar-refractivity contribution in [3.63, 3.8) is 0 Å². The minimum absolute atomic E-state index is 0. The van der Waals surface area contributed by atoms with Crippen LogP contribution >= 0.6 is 9.47 Å². The van der Waals surface area contributed by atoms with Crippen molar-refractivity contribution in [2.45, 2.75) is 0 Å². The Labute approximate surface area is 48.5 Å². The molecule has 0 amide bonds. The Balaban J connectivity index is -0.00000000500. The normalized spacial score (nSPS) is 1.50. The Morgan fingerprint density at radius 1 is 1.25 bits per heavy atom. The third-order valence-electron chi connectivity index (χ3n) is 0.